The number of benzene rings is 1. The SMILES string of the molecule is CCOc1ccc(Oc2nccnc2C(N)=S)cc1. The highest BCUT2D eigenvalue weighted by atomic mass is 32.1. The van der Waals surface area contributed by atoms with Crippen molar-refractivity contribution in [2.24, 2.45) is 5.73 Å². The second-order valence-corrected chi connectivity index (χ2v) is 4.02. The monoisotopic (exact) mass is 275 g/mol. The van der Waals surface area contributed by atoms with Gasteiger partial charge in [-0.25, -0.2) is 9.97 Å². The number of hydrogen-bond acceptors (Lipinski definition) is 5. The van der Waals surface area contributed by atoms with Crippen LogP contribution in [0.3, 0.4) is 0 Å². The van der Waals surface area contributed by atoms with Crippen LogP contribution < -0.4 is 15.2 Å². The Morgan fingerprint density at radius 3 is 2.42 bits per heavy atom. The predicted molar refractivity (Wildman–Crippen MR) is 75.6 cm³/mol. The van der Waals surface area contributed by atoms with E-state index in [1.165, 1.54) is 12.4 Å². The molecular weight excluding hydrogens is 262 g/mol. The molecule has 98 valence electrons. The summed E-state index contributed by atoms with van der Waals surface area (Å²) in [5.41, 5.74) is 5.93. The van der Waals surface area contributed by atoms with Gasteiger partial charge >= 0.3 is 0 Å². The molecule has 19 heavy (non-hydrogen) atoms. The molecule has 0 aliphatic carbocycles. The summed E-state index contributed by atoms with van der Waals surface area (Å²) in [5.74, 6) is 1.68. The zero-order valence-electron chi connectivity index (χ0n) is 10.4. The molecule has 0 radical (unpaired) electrons. The fraction of sp³-hybridized carbons (Fsp3) is 0.154. The Hall–Kier alpha value is -2.21. The minimum atomic E-state index is 0.147. The fourth-order valence-corrected chi connectivity index (χ4v) is 1.59. The van der Waals surface area contributed by atoms with E-state index in [0.717, 1.165) is 5.75 Å². The molecular formula is C13H13N3O2S. The topological polar surface area (TPSA) is 70.3 Å². The molecule has 0 amide bonds. The van der Waals surface area contributed by atoms with E-state index >= 15 is 0 Å². The van der Waals surface area contributed by atoms with Crippen molar-refractivity contribution < 1.29 is 9.47 Å². The second kappa shape index (κ2) is 6.10. The minimum absolute atomic E-state index is 0.147. The first-order chi connectivity index (χ1) is 9.20. The molecule has 0 fully saturated rings. The molecule has 0 aliphatic rings. The van der Waals surface area contributed by atoms with Gasteiger partial charge in [0.25, 0.3) is 0 Å². The van der Waals surface area contributed by atoms with E-state index in [4.69, 9.17) is 27.4 Å². The summed E-state index contributed by atoms with van der Waals surface area (Å²) in [4.78, 5) is 8.26. The van der Waals surface area contributed by atoms with Gasteiger partial charge in [0, 0.05) is 12.4 Å². The summed E-state index contributed by atoms with van der Waals surface area (Å²) in [7, 11) is 0. The molecule has 2 aromatic rings. The van der Waals surface area contributed by atoms with Crippen molar-refractivity contribution in [2.75, 3.05) is 6.61 Å². The third-order valence-corrected chi connectivity index (χ3v) is 2.44. The van der Waals surface area contributed by atoms with Gasteiger partial charge in [0.2, 0.25) is 5.88 Å². The third kappa shape index (κ3) is 3.38. The number of aromatic nitrogens is 2. The lowest BCUT2D eigenvalue weighted by molar-refractivity contribution is 0.339. The Labute approximate surface area is 116 Å². The Balaban J connectivity index is 2.19. The highest BCUT2D eigenvalue weighted by Gasteiger charge is 2.10. The Kier molecular flexibility index (Phi) is 4.25. The minimum Gasteiger partial charge on any atom is -0.494 e. The maximum atomic E-state index is 5.61. The summed E-state index contributed by atoms with van der Waals surface area (Å²) >= 11 is 4.90. The van der Waals surface area contributed by atoms with E-state index in [9.17, 15) is 0 Å². The van der Waals surface area contributed by atoms with E-state index in [0.29, 0.717) is 23.9 Å². The molecule has 2 N–H and O–H groups in total. The highest BCUT2D eigenvalue weighted by Crippen LogP contribution is 2.23. The number of hydrogen-bond donors (Lipinski definition) is 1. The molecule has 6 heteroatoms. The van der Waals surface area contributed by atoms with Crippen LogP contribution in [0, 0.1) is 0 Å². The molecule has 0 spiro atoms. The number of thiocarbonyl (C=S) groups is 1. The van der Waals surface area contributed by atoms with Crippen molar-refractivity contribution >= 4 is 17.2 Å². The second-order valence-electron chi connectivity index (χ2n) is 3.58. The van der Waals surface area contributed by atoms with Crippen LogP contribution in [-0.2, 0) is 0 Å². The van der Waals surface area contributed by atoms with Crippen LogP contribution in [0.5, 0.6) is 17.4 Å². The van der Waals surface area contributed by atoms with E-state index in [-0.39, 0.29) is 4.99 Å². The molecule has 1 heterocycles. The van der Waals surface area contributed by atoms with Crippen LogP contribution in [0.1, 0.15) is 12.6 Å². The van der Waals surface area contributed by atoms with Crippen molar-refractivity contribution in [3.05, 3.63) is 42.4 Å². The highest BCUT2D eigenvalue weighted by molar-refractivity contribution is 7.80. The average Bonchev–Trinajstić information content (AvgIpc) is 2.42. The van der Waals surface area contributed by atoms with E-state index in [1.54, 1.807) is 12.1 Å². The summed E-state index contributed by atoms with van der Waals surface area (Å²) in [6.45, 7) is 2.55. The number of nitrogens with two attached hydrogens (primary N) is 1. The predicted octanol–water partition coefficient (Wildman–Crippen LogP) is 2.30. The third-order valence-electron chi connectivity index (χ3n) is 2.25. The average molecular weight is 275 g/mol. The lowest BCUT2D eigenvalue weighted by Gasteiger charge is -2.08. The van der Waals surface area contributed by atoms with Crippen molar-refractivity contribution in [1.29, 1.82) is 0 Å². The van der Waals surface area contributed by atoms with Gasteiger partial charge in [-0.05, 0) is 31.2 Å². The van der Waals surface area contributed by atoms with E-state index in [1.807, 2.05) is 19.1 Å². The smallest absolute Gasteiger partial charge is 0.248 e. The van der Waals surface area contributed by atoms with Crippen LogP contribution >= 0.6 is 12.2 Å². The molecule has 0 saturated carbocycles. The molecule has 1 aromatic heterocycles. The quantitative estimate of drug-likeness (QED) is 0.844. The maximum Gasteiger partial charge on any atom is 0.248 e. The number of nitrogens with zero attached hydrogens (tertiary/aromatic N) is 2. The summed E-state index contributed by atoms with van der Waals surface area (Å²) in [6.07, 6.45) is 3.03. The standard InChI is InChI=1S/C13H13N3O2S/c1-2-17-9-3-5-10(6-4-9)18-13-11(12(14)19)15-7-8-16-13/h3-8H,2H2,1H3,(H2,14,19). The van der Waals surface area contributed by atoms with E-state index < -0.39 is 0 Å². The zero-order chi connectivity index (χ0) is 13.7. The Morgan fingerprint density at radius 1 is 1.16 bits per heavy atom. The van der Waals surface area contributed by atoms with Crippen LogP contribution in [0.15, 0.2) is 36.7 Å². The molecule has 0 atom stereocenters. The molecule has 0 aliphatic heterocycles. The van der Waals surface area contributed by atoms with Crippen molar-refractivity contribution in [2.45, 2.75) is 6.92 Å². The molecule has 2 rings (SSSR count). The van der Waals surface area contributed by atoms with Crippen molar-refractivity contribution in [3.8, 4) is 17.4 Å². The lowest BCUT2D eigenvalue weighted by atomic mass is 10.3. The van der Waals surface area contributed by atoms with Crippen LogP contribution in [0.2, 0.25) is 0 Å². The first-order valence-corrected chi connectivity index (χ1v) is 6.13. The first-order valence-electron chi connectivity index (χ1n) is 5.72. The van der Waals surface area contributed by atoms with Crippen LogP contribution in [-0.4, -0.2) is 21.6 Å². The Bertz CT molecular complexity index is 572. The maximum absolute atomic E-state index is 5.61. The van der Waals surface area contributed by atoms with Gasteiger partial charge in [-0.2, -0.15) is 0 Å². The van der Waals surface area contributed by atoms with Gasteiger partial charge in [-0.15, -0.1) is 0 Å². The molecule has 0 bridgehead atoms. The fourth-order valence-electron chi connectivity index (χ4n) is 1.45. The van der Waals surface area contributed by atoms with Crippen LogP contribution in [0.4, 0.5) is 0 Å². The number of ether oxygens (including phenoxy) is 2. The van der Waals surface area contributed by atoms with E-state index in [2.05, 4.69) is 9.97 Å². The van der Waals surface area contributed by atoms with Crippen LogP contribution in [0.25, 0.3) is 0 Å². The van der Waals surface area contributed by atoms with Crippen molar-refractivity contribution in [1.82, 2.24) is 9.97 Å². The summed E-state index contributed by atoms with van der Waals surface area (Å²) in [5, 5.41) is 0. The van der Waals surface area contributed by atoms with Gasteiger partial charge in [-0.3, -0.25) is 0 Å². The normalized spacial score (nSPS) is 9.95. The summed E-state index contributed by atoms with van der Waals surface area (Å²) < 4.78 is 11.0. The molecule has 0 saturated heterocycles. The van der Waals surface area contributed by atoms with Gasteiger partial charge in [0.05, 0.1) is 6.61 Å². The van der Waals surface area contributed by atoms with Gasteiger partial charge < -0.3 is 15.2 Å². The van der Waals surface area contributed by atoms with Gasteiger partial charge in [0.15, 0.2) is 5.69 Å². The zero-order valence-corrected chi connectivity index (χ0v) is 11.2. The largest absolute Gasteiger partial charge is 0.494 e. The van der Waals surface area contributed by atoms with Gasteiger partial charge in [0.1, 0.15) is 16.5 Å². The first kappa shape index (κ1) is 13.2. The molecule has 1 aromatic carbocycles. The molecule has 0 unspecified atom stereocenters. The summed E-state index contributed by atoms with van der Waals surface area (Å²) in [6, 6.07) is 7.19. The number of rotatable bonds is 5. The molecule has 5 nitrogen and oxygen atoms in total. The van der Waals surface area contributed by atoms with Gasteiger partial charge in [-0.1, -0.05) is 12.2 Å². The lowest BCUT2D eigenvalue weighted by Crippen LogP contribution is -2.13. The van der Waals surface area contributed by atoms with Crippen molar-refractivity contribution in [3.63, 3.8) is 0 Å². The Morgan fingerprint density at radius 2 is 1.79 bits per heavy atom.